The summed E-state index contributed by atoms with van der Waals surface area (Å²) in [6.07, 6.45) is 0. The number of halogens is 3. The molecule has 0 fully saturated rings. The maximum absolute atomic E-state index is 5.09. The van der Waals surface area contributed by atoms with E-state index in [1.807, 2.05) is 0 Å². The maximum Gasteiger partial charge on any atom is 0.298 e. The van der Waals surface area contributed by atoms with Crippen LogP contribution >= 0.6 is 47.4 Å². The number of alkyl halides is 3. The number of ether oxygens (including phenoxy) is 1. The molecule has 0 aromatic heterocycles. The summed E-state index contributed by atoms with van der Waals surface area (Å²) in [5.74, 6) is 0.108. The van der Waals surface area contributed by atoms with E-state index >= 15 is 0 Å². The van der Waals surface area contributed by atoms with Gasteiger partial charge >= 0.3 is 0 Å². The van der Waals surface area contributed by atoms with E-state index in [-0.39, 0.29) is 5.94 Å². The van der Waals surface area contributed by atoms with E-state index in [4.69, 9.17) is 34.8 Å². The highest BCUT2D eigenvalue weighted by Gasteiger charge is 2.18. The lowest BCUT2D eigenvalue weighted by molar-refractivity contribution is 0.181. The van der Waals surface area contributed by atoms with Crippen LogP contribution in [0.4, 0.5) is 0 Å². The molecular formula is C2H3Cl3OS. The third-order valence-corrected chi connectivity index (χ3v) is 0.685. The Morgan fingerprint density at radius 1 is 1.43 bits per heavy atom. The van der Waals surface area contributed by atoms with Gasteiger partial charge in [0.1, 0.15) is 0 Å². The van der Waals surface area contributed by atoms with Gasteiger partial charge in [-0.25, -0.2) is 0 Å². The van der Waals surface area contributed by atoms with Crippen LogP contribution < -0.4 is 0 Å². The molecule has 0 radical (unpaired) electrons. The van der Waals surface area contributed by atoms with Gasteiger partial charge in [-0.3, -0.25) is 0 Å². The molecule has 0 heterocycles. The zero-order valence-corrected chi connectivity index (χ0v) is 6.36. The third-order valence-electron chi connectivity index (χ3n) is 0.228. The Kier molecular flexibility index (Phi) is 3.80. The van der Waals surface area contributed by atoms with Gasteiger partial charge in [-0.1, -0.05) is 34.8 Å². The molecule has 5 heteroatoms. The van der Waals surface area contributed by atoms with Crippen molar-refractivity contribution < 1.29 is 4.74 Å². The van der Waals surface area contributed by atoms with Crippen LogP contribution in [0.1, 0.15) is 0 Å². The molecule has 0 amide bonds. The van der Waals surface area contributed by atoms with E-state index in [2.05, 4.69) is 17.4 Å². The molecule has 0 aromatic rings. The second-order valence-corrected chi connectivity index (χ2v) is 3.15. The Hall–Kier alpha value is 1.18. The minimum Gasteiger partial charge on any atom is -0.324 e. The third kappa shape index (κ3) is 7.18. The van der Waals surface area contributed by atoms with Gasteiger partial charge in [0, 0.05) is 0 Å². The average molecular weight is 181 g/mol. The summed E-state index contributed by atoms with van der Waals surface area (Å²) in [7, 11) is 0. The van der Waals surface area contributed by atoms with E-state index in [0.717, 1.165) is 0 Å². The van der Waals surface area contributed by atoms with E-state index in [9.17, 15) is 0 Å². The molecule has 0 aliphatic rings. The Bertz CT molecular complexity index is 51.4. The van der Waals surface area contributed by atoms with E-state index < -0.39 is 3.98 Å². The molecule has 0 spiro atoms. The highest BCUT2D eigenvalue weighted by molar-refractivity contribution is 7.80. The predicted octanol–water partition coefficient (Wildman–Crippen LogP) is 2.22. The van der Waals surface area contributed by atoms with Gasteiger partial charge < -0.3 is 4.74 Å². The molecule has 0 N–H and O–H groups in total. The summed E-state index contributed by atoms with van der Waals surface area (Å²) in [6, 6.07) is 0. The summed E-state index contributed by atoms with van der Waals surface area (Å²) in [5.41, 5.74) is 0. The minimum absolute atomic E-state index is 0.108. The van der Waals surface area contributed by atoms with Gasteiger partial charge in [0.15, 0.2) is 0 Å². The molecule has 0 atom stereocenters. The fourth-order valence-corrected chi connectivity index (χ4v) is 0.659. The molecule has 44 valence electrons. The van der Waals surface area contributed by atoms with Crippen LogP contribution in [0, 0.1) is 0 Å². The Morgan fingerprint density at radius 2 is 1.86 bits per heavy atom. The summed E-state index contributed by atoms with van der Waals surface area (Å²) in [4.78, 5) is 0. The van der Waals surface area contributed by atoms with Gasteiger partial charge in [-0.15, -0.1) is 0 Å². The van der Waals surface area contributed by atoms with Gasteiger partial charge in [-0.05, 0) is 0 Å². The number of rotatable bonds is 1. The zero-order chi connectivity index (χ0) is 5.91. The number of thiol groups is 1. The van der Waals surface area contributed by atoms with E-state index in [1.54, 1.807) is 0 Å². The smallest absolute Gasteiger partial charge is 0.298 e. The summed E-state index contributed by atoms with van der Waals surface area (Å²) < 4.78 is 2.78. The summed E-state index contributed by atoms with van der Waals surface area (Å²) in [6.45, 7) is 0. The molecule has 0 saturated heterocycles. The lowest BCUT2D eigenvalue weighted by Crippen LogP contribution is -2.06. The molecule has 0 aliphatic heterocycles. The SMILES string of the molecule is SCOC(Cl)(Cl)Cl. The molecule has 0 saturated carbocycles. The first-order valence-corrected chi connectivity index (χ1v) is 3.14. The van der Waals surface area contributed by atoms with Gasteiger partial charge in [-0.2, -0.15) is 12.6 Å². The lowest BCUT2D eigenvalue weighted by Gasteiger charge is -2.07. The van der Waals surface area contributed by atoms with Crippen LogP contribution in [-0.4, -0.2) is 9.92 Å². The highest BCUT2D eigenvalue weighted by Crippen LogP contribution is 2.26. The van der Waals surface area contributed by atoms with Crippen LogP contribution in [-0.2, 0) is 4.74 Å². The maximum atomic E-state index is 5.09. The minimum atomic E-state index is -1.61. The molecule has 0 unspecified atom stereocenters. The van der Waals surface area contributed by atoms with Crippen molar-refractivity contribution in [3.63, 3.8) is 0 Å². The predicted molar refractivity (Wildman–Crippen MR) is 35.2 cm³/mol. The van der Waals surface area contributed by atoms with Crippen molar-refractivity contribution in [2.75, 3.05) is 5.94 Å². The van der Waals surface area contributed by atoms with Crippen LogP contribution in [0.2, 0.25) is 0 Å². The molecule has 0 bridgehead atoms. The van der Waals surface area contributed by atoms with Crippen LogP contribution in [0.5, 0.6) is 0 Å². The number of hydrogen-bond donors (Lipinski definition) is 1. The molecule has 7 heavy (non-hydrogen) atoms. The van der Waals surface area contributed by atoms with Crippen molar-refractivity contribution in [1.29, 1.82) is 0 Å². The molecular weight excluding hydrogens is 178 g/mol. The number of hydrogen-bond acceptors (Lipinski definition) is 2. The van der Waals surface area contributed by atoms with Crippen molar-refractivity contribution in [3.05, 3.63) is 0 Å². The average Bonchev–Trinajstić information content (AvgIpc) is 1.30. The first kappa shape index (κ1) is 8.18. The van der Waals surface area contributed by atoms with E-state index in [0.29, 0.717) is 0 Å². The Balaban J connectivity index is 3.15. The standard InChI is InChI=1S/C2H3Cl3OS/c3-2(4,5)6-1-7/h7H,1H2. The molecule has 0 aromatic carbocycles. The van der Waals surface area contributed by atoms with Gasteiger partial charge in [0.2, 0.25) is 0 Å². The first-order chi connectivity index (χ1) is 3.06. The molecule has 1 nitrogen and oxygen atoms in total. The van der Waals surface area contributed by atoms with Crippen LogP contribution in [0.3, 0.4) is 0 Å². The normalized spacial score (nSPS) is 12.0. The van der Waals surface area contributed by atoms with Crippen molar-refractivity contribution in [2.45, 2.75) is 3.98 Å². The fraction of sp³-hybridized carbons (Fsp3) is 1.00. The summed E-state index contributed by atoms with van der Waals surface area (Å²) >= 11 is 18.9. The topological polar surface area (TPSA) is 9.23 Å². The molecule has 0 rings (SSSR count). The second kappa shape index (κ2) is 3.25. The Labute approximate surface area is 62.3 Å². The van der Waals surface area contributed by atoms with Crippen LogP contribution in [0.25, 0.3) is 0 Å². The summed E-state index contributed by atoms with van der Waals surface area (Å²) in [5, 5.41) is 0. The first-order valence-electron chi connectivity index (χ1n) is 1.38. The lowest BCUT2D eigenvalue weighted by atomic mass is 11.5. The van der Waals surface area contributed by atoms with Gasteiger partial charge in [0.25, 0.3) is 3.98 Å². The quantitative estimate of drug-likeness (QED) is 0.371. The van der Waals surface area contributed by atoms with Crippen molar-refractivity contribution in [2.24, 2.45) is 0 Å². The van der Waals surface area contributed by atoms with Crippen molar-refractivity contribution in [1.82, 2.24) is 0 Å². The largest absolute Gasteiger partial charge is 0.324 e. The van der Waals surface area contributed by atoms with E-state index in [1.165, 1.54) is 0 Å². The van der Waals surface area contributed by atoms with Crippen LogP contribution in [0.15, 0.2) is 0 Å². The second-order valence-electron chi connectivity index (χ2n) is 0.719. The van der Waals surface area contributed by atoms with Gasteiger partial charge in [0.05, 0.1) is 5.94 Å². The van der Waals surface area contributed by atoms with Crippen molar-refractivity contribution in [3.8, 4) is 0 Å². The monoisotopic (exact) mass is 180 g/mol. The van der Waals surface area contributed by atoms with Crippen molar-refractivity contribution >= 4 is 47.4 Å². The fourth-order valence-electron chi connectivity index (χ4n) is 0.0732. The molecule has 0 aliphatic carbocycles. The zero-order valence-electron chi connectivity index (χ0n) is 3.20. The Morgan fingerprint density at radius 3 is 1.86 bits per heavy atom. The highest BCUT2D eigenvalue weighted by atomic mass is 35.6.